The number of nitrogen functional groups attached to an aromatic ring is 1. The van der Waals surface area contributed by atoms with Gasteiger partial charge in [0, 0.05) is 11.6 Å². The number of benzene rings is 1. The largest absolute Gasteiger partial charge is 0.383 e. The summed E-state index contributed by atoms with van der Waals surface area (Å²) in [5.74, 6) is 1.09. The van der Waals surface area contributed by atoms with Gasteiger partial charge in [0.25, 0.3) is 0 Å². The Morgan fingerprint density at radius 3 is 2.65 bits per heavy atom. The van der Waals surface area contributed by atoms with Gasteiger partial charge in [-0.05, 0) is 33.6 Å². The molecule has 1 aromatic heterocycles. The van der Waals surface area contributed by atoms with Gasteiger partial charge in [0.05, 0.1) is 0 Å². The van der Waals surface area contributed by atoms with Gasteiger partial charge in [-0.25, -0.2) is 9.97 Å². The standard InChI is InChI=1S/C11H10BrClN4/c12-9-10(14)16-6-17-11(9)15-5-7-1-3-8(13)4-2-7/h1-4,6H,5H2,(H3,14,15,16,17). The number of nitrogens with zero attached hydrogens (tertiary/aromatic N) is 2. The fourth-order valence-electron chi connectivity index (χ4n) is 1.29. The number of anilines is 2. The first-order valence-electron chi connectivity index (χ1n) is 4.91. The maximum atomic E-state index is 5.81. The van der Waals surface area contributed by atoms with E-state index in [1.54, 1.807) is 0 Å². The van der Waals surface area contributed by atoms with E-state index in [0.717, 1.165) is 10.6 Å². The lowest BCUT2D eigenvalue weighted by atomic mass is 10.2. The smallest absolute Gasteiger partial charge is 0.146 e. The molecule has 1 aromatic carbocycles. The summed E-state index contributed by atoms with van der Waals surface area (Å²) in [7, 11) is 0. The highest BCUT2D eigenvalue weighted by Crippen LogP contribution is 2.24. The Hall–Kier alpha value is -1.33. The van der Waals surface area contributed by atoms with Crippen LogP contribution in [0, 0.1) is 0 Å². The second-order valence-electron chi connectivity index (χ2n) is 3.40. The van der Waals surface area contributed by atoms with Gasteiger partial charge < -0.3 is 11.1 Å². The van der Waals surface area contributed by atoms with Crippen LogP contribution < -0.4 is 11.1 Å². The molecule has 0 saturated heterocycles. The number of hydrogen-bond donors (Lipinski definition) is 2. The summed E-state index contributed by atoms with van der Waals surface area (Å²) in [4.78, 5) is 7.96. The highest BCUT2D eigenvalue weighted by atomic mass is 79.9. The number of halogens is 2. The number of aromatic nitrogens is 2. The lowest BCUT2D eigenvalue weighted by Gasteiger charge is -2.08. The van der Waals surface area contributed by atoms with E-state index < -0.39 is 0 Å². The van der Waals surface area contributed by atoms with E-state index >= 15 is 0 Å². The molecular formula is C11H10BrClN4. The molecule has 2 rings (SSSR count). The van der Waals surface area contributed by atoms with Gasteiger partial charge in [0.2, 0.25) is 0 Å². The lowest BCUT2D eigenvalue weighted by Crippen LogP contribution is -2.04. The molecule has 0 atom stereocenters. The first-order chi connectivity index (χ1) is 8.16. The molecule has 0 unspecified atom stereocenters. The SMILES string of the molecule is Nc1ncnc(NCc2ccc(Cl)cc2)c1Br. The van der Waals surface area contributed by atoms with Gasteiger partial charge in [0.1, 0.15) is 22.4 Å². The van der Waals surface area contributed by atoms with Crippen LogP contribution in [0.4, 0.5) is 11.6 Å². The van der Waals surface area contributed by atoms with Crippen LogP contribution in [-0.4, -0.2) is 9.97 Å². The van der Waals surface area contributed by atoms with E-state index in [1.165, 1.54) is 6.33 Å². The zero-order chi connectivity index (χ0) is 12.3. The van der Waals surface area contributed by atoms with Crippen LogP contribution in [0.15, 0.2) is 35.1 Å². The normalized spacial score (nSPS) is 10.2. The molecule has 17 heavy (non-hydrogen) atoms. The average Bonchev–Trinajstić information content (AvgIpc) is 2.33. The van der Waals surface area contributed by atoms with Crippen LogP contribution in [0.2, 0.25) is 5.02 Å². The summed E-state index contributed by atoms with van der Waals surface area (Å²) < 4.78 is 0.675. The molecule has 0 radical (unpaired) electrons. The Labute approximate surface area is 112 Å². The van der Waals surface area contributed by atoms with E-state index in [-0.39, 0.29) is 0 Å². The maximum Gasteiger partial charge on any atom is 0.146 e. The van der Waals surface area contributed by atoms with E-state index in [2.05, 4.69) is 31.2 Å². The average molecular weight is 314 g/mol. The molecule has 0 amide bonds. The second kappa shape index (κ2) is 5.33. The number of rotatable bonds is 3. The molecule has 3 N–H and O–H groups in total. The minimum absolute atomic E-state index is 0.415. The predicted molar refractivity (Wildman–Crippen MR) is 72.9 cm³/mol. The van der Waals surface area contributed by atoms with Crippen LogP contribution in [0.3, 0.4) is 0 Å². The van der Waals surface area contributed by atoms with Crippen molar-refractivity contribution in [3.05, 3.63) is 45.7 Å². The quantitative estimate of drug-likeness (QED) is 0.914. The molecule has 4 nitrogen and oxygen atoms in total. The molecule has 2 aromatic rings. The zero-order valence-corrected chi connectivity index (χ0v) is 11.2. The maximum absolute atomic E-state index is 5.81. The number of nitrogens with two attached hydrogens (primary N) is 1. The van der Waals surface area contributed by atoms with Crippen molar-refractivity contribution in [2.45, 2.75) is 6.54 Å². The second-order valence-corrected chi connectivity index (χ2v) is 4.63. The van der Waals surface area contributed by atoms with Gasteiger partial charge in [-0.2, -0.15) is 0 Å². The molecule has 0 aliphatic carbocycles. The van der Waals surface area contributed by atoms with Crippen molar-refractivity contribution in [3.8, 4) is 0 Å². The Morgan fingerprint density at radius 2 is 1.94 bits per heavy atom. The summed E-state index contributed by atoms with van der Waals surface area (Å²) in [5, 5.41) is 3.89. The summed E-state index contributed by atoms with van der Waals surface area (Å²) in [5.41, 5.74) is 6.76. The summed E-state index contributed by atoms with van der Waals surface area (Å²) in [6.45, 7) is 0.645. The van der Waals surface area contributed by atoms with Crippen LogP contribution in [0.1, 0.15) is 5.56 Å². The van der Waals surface area contributed by atoms with Crippen LogP contribution in [-0.2, 0) is 6.54 Å². The minimum Gasteiger partial charge on any atom is -0.383 e. The highest BCUT2D eigenvalue weighted by Gasteiger charge is 2.05. The van der Waals surface area contributed by atoms with E-state index in [1.807, 2.05) is 24.3 Å². The van der Waals surface area contributed by atoms with E-state index in [0.29, 0.717) is 22.7 Å². The Bertz CT molecular complexity index is 515. The number of hydrogen-bond acceptors (Lipinski definition) is 4. The topological polar surface area (TPSA) is 63.8 Å². The fourth-order valence-corrected chi connectivity index (χ4v) is 1.77. The van der Waals surface area contributed by atoms with Gasteiger partial charge >= 0.3 is 0 Å². The molecule has 0 spiro atoms. The third kappa shape index (κ3) is 3.08. The molecule has 0 bridgehead atoms. The van der Waals surface area contributed by atoms with Crippen molar-refractivity contribution in [2.24, 2.45) is 0 Å². The van der Waals surface area contributed by atoms with Crippen molar-refractivity contribution in [3.63, 3.8) is 0 Å². The van der Waals surface area contributed by atoms with Crippen LogP contribution in [0.5, 0.6) is 0 Å². The van der Waals surface area contributed by atoms with Crippen molar-refractivity contribution in [1.29, 1.82) is 0 Å². The first kappa shape index (κ1) is 12.1. The van der Waals surface area contributed by atoms with Gasteiger partial charge in [-0.3, -0.25) is 0 Å². The third-order valence-corrected chi connectivity index (χ3v) is 3.22. The molecule has 0 saturated carbocycles. The molecule has 0 fully saturated rings. The summed E-state index contributed by atoms with van der Waals surface area (Å²) in [6.07, 6.45) is 1.42. The number of nitrogens with one attached hydrogen (secondary N) is 1. The van der Waals surface area contributed by atoms with Crippen molar-refractivity contribution in [1.82, 2.24) is 9.97 Å². The van der Waals surface area contributed by atoms with E-state index in [4.69, 9.17) is 17.3 Å². The lowest BCUT2D eigenvalue weighted by molar-refractivity contribution is 1.08. The van der Waals surface area contributed by atoms with Crippen molar-refractivity contribution >= 4 is 39.2 Å². The third-order valence-electron chi connectivity index (χ3n) is 2.19. The monoisotopic (exact) mass is 312 g/mol. The Kier molecular flexibility index (Phi) is 3.81. The molecule has 0 aliphatic heterocycles. The summed E-state index contributed by atoms with van der Waals surface area (Å²) >= 11 is 9.14. The molecule has 0 aliphatic rings. The van der Waals surface area contributed by atoms with Gasteiger partial charge in [-0.15, -0.1) is 0 Å². The van der Waals surface area contributed by atoms with E-state index in [9.17, 15) is 0 Å². The zero-order valence-electron chi connectivity index (χ0n) is 8.82. The van der Waals surface area contributed by atoms with Crippen molar-refractivity contribution in [2.75, 3.05) is 11.1 Å². The summed E-state index contributed by atoms with van der Waals surface area (Å²) in [6, 6.07) is 7.60. The minimum atomic E-state index is 0.415. The molecule has 1 heterocycles. The molecule has 6 heteroatoms. The van der Waals surface area contributed by atoms with Crippen LogP contribution >= 0.6 is 27.5 Å². The Balaban J connectivity index is 2.07. The van der Waals surface area contributed by atoms with Crippen LogP contribution in [0.25, 0.3) is 0 Å². The molecule has 88 valence electrons. The van der Waals surface area contributed by atoms with Gasteiger partial charge in [-0.1, -0.05) is 23.7 Å². The van der Waals surface area contributed by atoms with Crippen molar-refractivity contribution < 1.29 is 0 Å². The van der Waals surface area contributed by atoms with Gasteiger partial charge in [0.15, 0.2) is 0 Å². The molecular weight excluding hydrogens is 304 g/mol. The predicted octanol–water partition coefficient (Wildman–Crippen LogP) is 3.09. The fraction of sp³-hybridized carbons (Fsp3) is 0.0909. The first-order valence-corrected chi connectivity index (χ1v) is 6.08. The highest BCUT2D eigenvalue weighted by molar-refractivity contribution is 9.10. The Morgan fingerprint density at radius 1 is 1.24 bits per heavy atom.